The third kappa shape index (κ3) is 4.67. The van der Waals surface area contributed by atoms with E-state index >= 15 is 0 Å². The third-order valence-electron chi connectivity index (χ3n) is 5.05. The van der Waals surface area contributed by atoms with Crippen molar-refractivity contribution in [3.05, 3.63) is 45.4 Å². The Morgan fingerprint density at radius 2 is 2.07 bits per heavy atom. The van der Waals surface area contributed by atoms with E-state index in [4.69, 9.17) is 4.98 Å². The lowest BCUT2D eigenvalue weighted by Gasteiger charge is -2.06. The second kappa shape index (κ2) is 8.62. The van der Waals surface area contributed by atoms with Gasteiger partial charge in [0.1, 0.15) is 5.84 Å². The van der Waals surface area contributed by atoms with Gasteiger partial charge in [-0.25, -0.2) is 13.4 Å². The number of sulfonamides is 1. The zero-order valence-corrected chi connectivity index (χ0v) is 17.7. The van der Waals surface area contributed by atoms with Crippen LogP contribution in [0, 0.1) is 0 Å². The molecule has 0 saturated carbocycles. The van der Waals surface area contributed by atoms with Gasteiger partial charge in [-0.15, -0.1) is 11.3 Å². The van der Waals surface area contributed by atoms with Crippen LogP contribution in [0.5, 0.6) is 0 Å². The van der Waals surface area contributed by atoms with Gasteiger partial charge in [-0.2, -0.15) is 0 Å². The monoisotopic (exact) mass is 432 g/mol. The molecule has 1 aromatic carbocycles. The summed E-state index contributed by atoms with van der Waals surface area (Å²) in [7, 11) is -3.54. The summed E-state index contributed by atoms with van der Waals surface area (Å²) in [6, 6.07) is 6.70. The number of aromatic nitrogens is 1. The molecule has 0 spiro atoms. The van der Waals surface area contributed by atoms with Crippen molar-refractivity contribution in [3.63, 3.8) is 0 Å². The summed E-state index contributed by atoms with van der Waals surface area (Å²) in [6.07, 6.45) is 6.74. The molecule has 29 heavy (non-hydrogen) atoms. The molecule has 4 rings (SSSR count). The minimum Gasteiger partial charge on any atom is -0.356 e. The van der Waals surface area contributed by atoms with Crippen LogP contribution in [0.15, 0.2) is 34.2 Å². The molecule has 0 fully saturated rings. The predicted molar refractivity (Wildman–Crippen MR) is 113 cm³/mol. The van der Waals surface area contributed by atoms with E-state index in [1.54, 1.807) is 24.3 Å². The van der Waals surface area contributed by atoms with Crippen molar-refractivity contribution in [3.8, 4) is 0 Å². The van der Waals surface area contributed by atoms with E-state index in [1.165, 1.54) is 28.4 Å². The van der Waals surface area contributed by atoms with Crippen LogP contribution in [0.3, 0.4) is 0 Å². The molecule has 2 aromatic rings. The van der Waals surface area contributed by atoms with Gasteiger partial charge in [-0.3, -0.25) is 14.5 Å². The first-order chi connectivity index (χ1) is 14.0. The molecule has 2 heterocycles. The summed E-state index contributed by atoms with van der Waals surface area (Å²) in [6.45, 7) is 0.840. The molecule has 0 atom stereocenters. The van der Waals surface area contributed by atoms with Gasteiger partial charge in [0.15, 0.2) is 0 Å². The van der Waals surface area contributed by atoms with Gasteiger partial charge in [0.2, 0.25) is 5.91 Å². The average molecular weight is 433 g/mol. The van der Waals surface area contributed by atoms with Crippen LogP contribution < -0.4 is 10.0 Å². The Bertz CT molecular complexity index is 1020. The van der Waals surface area contributed by atoms with Gasteiger partial charge in [-0.1, -0.05) is 12.1 Å². The van der Waals surface area contributed by atoms with Crippen LogP contribution in [-0.2, 0) is 34.1 Å². The van der Waals surface area contributed by atoms with E-state index in [0.29, 0.717) is 17.9 Å². The highest BCUT2D eigenvalue weighted by atomic mass is 32.2. The first-order valence-electron chi connectivity index (χ1n) is 9.94. The molecule has 0 unspecified atom stereocenters. The predicted octanol–water partition coefficient (Wildman–Crippen LogP) is 2.20. The Hall–Kier alpha value is -2.26. The average Bonchev–Trinajstić information content (AvgIpc) is 3.24. The Labute approximate surface area is 174 Å². The number of carbonyl (C=O) groups is 1. The highest BCUT2D eigenvalue weighted by Gasteiger charge is 2.29. The summed E-state index contributed by atoms with van der Waals surface area (Å²) < 4.78 is 26.5. The van der Waals surface area contributed by atoms with Crippen molar-refractivity contribution in [2.75, 3.05) is 13.1 Å². The first-order valence-corrected chi connectivity index (χ1v) is 12.2. The number of hydrogen-bond donors (Lipinski definition) is 2. The fourth-order valence-electron chi connectivity index (χ4n) is 3.59. The normalized spacial score (nSPS) is 18.1. The molecule has 1 amide bonds. The lowest BCUT2D eigenvalue weighted by molar-refractivity contribution is -0.120. The number of hydrogen-bond acceptors (Lipinski definition) is 6. The largest absolute Gasteiger partial charge is 0.356 e. The molecule has 7 nitrogen and oxygen atoms in total. The van der Waals surface area contributed by atoms with Gasteiger partial charge in [0, 0.05) is 29.8 Å². The SMILES string of the molecule is O=C(CCN=C1NS(=O)(=O)c2ccccc21)NCCCc1nc2c(s1)CCCC2. The molecule has 0 saturated heterocycles. The zero-order valence-electron chi connectivity index (χ0n) is 16.1. The molecule has 0 bridgehead atoms. The van der Waals surface area contributed by atoms with Crippen LogP contribution in [-0.4, -0.2) is 38.2 Å². The maximum absolute atomic E-state index is 12.0. The maximum Gasteiger partial charge on any atom is 0.263 e. The van der Waals surface area contributed by atoms with Crippen LogP contribution in [0.1, 0.15) is 46.8 Å². The Morgan fingerprint density at radius 3 is 2.93 bits per heavy atom. The number of aliphatic imine (C=N–C) groups is 1. The number of benzene rings is 1. The molecule has 2 aliphatic rings. The number of fused-ring (bicyclic) bond motifs is 2. The Morgan fingerprint density at radius 1 is 1.24 bits per heavy atom. The molecule has 1 aromatic heterocycles. The van der Waals surface area contributed by atoms with E-state index in [2.05, 4.69) is 15.0 Å². The molecule has 1 aliphatic heterocycles. The van der Waals surface area contributed by atoms with E-state index in [0.717, 1.165) is 25.7 Å². The fraction of sp³-hybridized carbons (Fsp3) is 0.450. The molecular formula is C20H24N4O3S2. The number of nitrogens with zero attached hydrogens (tertiary/aromatic N) is 2. The second-order valence-electron chi connectivity index (χ2n) is 7.22. The van der Waals surface area contributed by atoms with Crippen molar-refractivity contribution < 1.29 is 13.2 Å². The molecular weight excluding hydrogens is 408 g/mol. The van der Waals surface area contributed by atoms with E-state index in [9.17, 15) is 13.2 Å². The van der Waals surface area contributed by atoms with Gasteiger partial charge >= 0.3 is 0 Å². The number of thiazole rings is 1. The van der Waals surface area contributed by atoms with Crippen molar-refractivity contribution in [2.24, 2.45) is 4.99 Å². The van der Waals surface area contributed by atoms with Crippen molar-refractivity contribution in [1.29, 1.82) is 0 Å². The topological polar surface area (TPSA) is 101 Å². The molecule has 0 radical (unpaired) electrons. The number of rotatable bonds is 7. The third-order valence-corrected chi connectivity index (χ3v) is 7.67. The van der Waals surface area contributed by atoms with Crippen LogP contribution in [0.2, 0.25) is 0 Å². The molecule has 154 valence electrons. The standard InChI is InChI=1S/C20H24N4O3S2/c25-18(21-12-5-10-19-23-15-7-2-3-8-16(15)28-19)11-13-22-20-14-6-1-4-9-17(14)29(26,27)24-20/h1,4,6,9H,2-3,5,7-8,10-13H2,(H,21,25)(H,22,24). The summed E-state index contributed by atoms with van der Waals surface area (Å²) in [5.41, 5.74) is 1.84. The number of amides is 1. The molecule has 9 heteroatoms. The van der Waals surface area contributed by atoms with E-state index < -0.39 is 10.0 Å². The van der Waals surface area contributed by atoms with Crippen LogP contribution in [0.4, 0.5) is 0 Å². The lowest BCUT2D eigenvalue weighted by atomic mass is 10.0. The number of aryl methyl sites for hydroxylation is 3. The minimum atomic E-state index is -3.54. The van der Waals surface area contributed by atoms with Gasteiger partial charge in [0.25, 0.3) is 10.0 Å². The molecule has 2 N–H and O–H groups in total. The summed E-state index contributed by atoms with van der Waals surface area (Å²) in [5, 5.41) is 4.08. The smallest absolute Gasteiger partial charge is 0.263 e. The maximum atomic E-state index is 12.0. The molecule has 1 aliphatic carbocycles. The van der Waals surface area contributed by atoms with Gasteiger partial charge < -0.3 is 5.32 Å². The number of carbonyl (C=O) groups excluding carboxylic acids is 1. The Balaban J connectivity index is 1.20. The van der Waals surface area contributed by atoms with Crippen LogP contribution >= 0.6 is 11.3 Å². The quantitative estimate of drug-likeness (QED) is 0.655. The number of nitrogens with one attached hydrogen (secondary N) is 2. The van der Waals surface area contributed by atoms with Crippen LogP contribution in [0.25, 0.3) is 0 Å². The summed E-state index contributed by atoms with van der Waals surface area (Å²) in [5.74, 6) is 0.225. The van der Waals surface area contributed by atoms with Crippen molar-refractivity contribution >= 4 is 33.1 Å². The fourth-order valence-corrected chi connectivity index (χ4v) is 6.04. The van der Waals surface area contributed by atoms with Gasteiger partial charge in [0.05, 0.1) is 22.1 Å². The lowest BCUT2D eigenvalue weighted by Crippen LogP contribution is -2.26. The zero-order chi connectivity index (χ0) is 20.3. The summed E-state index contributed by atoms with van der Waals surface area (Å²) >= 11 is 1.82. The van der Waals surface area contributed by atoms with Crippen molar-refractivity contribution in [1.82, 2.24) is 15.0 Å². The Kier molecular flexibility index (Phi) is 5.96. The van der Waals surface area contributed by atoms with Crippen molar-refractivity contribution in [2.45, 2.75) is 49.8 Å². The van der Waals surface area contributed by atoms with E-state index in [1.807, 2.05) is 11.3 Å². The number of amidine groups is 1. The highest BCUT2D eigenvalue weighted by Crippen LogP contribution is 2.27. The first kappa shape index (κ1) is 20.0. The van der Waals surface area contributed by atoms with E-state index in [-0.39, 0.29) is 23.8 Å². The minimum absolute atomic E-state index is 0.0816. The highest BCUT2D eigenvalue weighted by molar-refractivity contribution is 7.90. The summed E-state index contributed by atoms with van der Waals surface area (Å²) in [4.78, 5) is 22.7. The second-order valence-corrected chi connectivity index (χ2v) is 10.0. The van der Waals surface area contributed by atoms with Gasteiger partial charge in [-0.05, 0) is 44.2 Å².